The lowest BCUT2D eigenvalue weighted by atomic mass is 9.89. The molecule has 30 heavy (non-hydrogen) atoms. The van der Waals surface area contributed by atoms with Gasteiger partial charge in [-0.25, -0.2) is 0 Å². The normalized spacial score (nSPS) is 23.7. The Labute approximate surface area is 177 Å². The average molecular weight is 414 g/mol. The van der Waals surface area contributed by atoms with Crippen LogP contribution in [0, 0.1) is 6.92 Å². The molecular weight excluding hydrogens is 382 g/mol. The molecule has 3 fully saturated rings. The van der Waals surface area contributed by atoms with Gasteiger partial charge in [0, 0.05) is 38.7 Å². The highest BCUT2D eigenvalue weighted by Crippen LogP contribution is 2.42. The third-order valence-electron chi connectivity index (χ3n) is 6.81. The van der Waals surface area contributed by atoms with Crippen LogP contribution in [-0.4, -0.2) is 77.0 Å². The van der Waals surface area contributed by atoms with Crippen molar-refractivity contribution in [2.24, 2.45) is 0 Å². The van der Waals surface area contributed by atoms with Crippen molar-refractivity contribution in [3.8, 4) is 0 Å². The van der Waals surface area contributed by atoms with Gasteiger partial charge in [-0.15, -0.1) is 0 Å². The Hall–Kier alpha value is -2.41. The Balaban J connectivity index is 1.60. The lowest BCUT2D eigenvalue weighted by Gasteiger charge is -2.43. The molecular formula is C23H31N3O4. The fourth-order valence-electron chi connectivity index (χ4n) is 5.06. The topological polar surface area (TPSA) is 70.2 Å². The van der Waals surface area contributed by atoms with Gasteiger partial charge in [0.1, 0.15) is 11.8 Å². The lowest BCUT2D eigenvalue weighted by molar-refractivity contribution is -0.142. The molecule has 0 unspecified atom stereocenters. The zero-order valence-corrected chi connectivity index (χ0v) is 17.9. The summed E-state index contributed by atoms with van der Waals surface area (Å²) in [5.74, 6) is -0.153. The van der Waals surface area contributed by atoms with Crippen molar-refractivity contribution in [1.29, 1.82) is 0 Å². The van der Waals surface area contributed by atoms with Gasteiger partial charge >= 0.3 is 0 Å². The maximum atomic E-state index is 13.7. The second-order valence-corrected chi connectivity index (χ2v) is 8.66. The van der Waals surface area contributed by atoms with Crippen molar-refractivity contribution in [2.75, 3.05) is 32.8 Å². The van der Waals surface area contributed by atoms with Crippen molar-refractivity contribution >= 4 is 17.7 Å². The molecule has 7 nitrogen and oxygen atoms in total. The van der Waals surface area contributed by atoms with E-state index in [1.165, 1.54) is 0 Å². The molecule has 0 N–H and O–H groups in total. The average Bonchev–Trinajstić information content (AvgIpc) is 3.11. The van der Waals surface area contributed by atoms with E-state index in [1.807, 2.05) is 31.2 Å². The molecule has 2 saturated heterocycles. The van der Waals surface area contributed by atoms with Crippen molar-refractivity contribution in [3.05, 3.63) is 35.4 Å². The molecule has 0 aromatic heterocycles. The van der Waals surface area contributed by atoms with Crippen LogP contribution in [0.5, 0.6) is 0 Å². The van der Waals surface area contributed by atoms with E-state index < -0.39 is 11.8 Å². The summed E-state index contributed by atoms with van der Waals surface area (Å²) in [5, 5.41) is 0. The van der Waals surface area contributed by atoms with Gasteiger partial charge < -0.3 is 14.5 Å². The summed E-state index contributed by atoms with van der Waals surface area (Å²) in [4.78, 5) is 44.1. The van der Waals surface area contributed by atoms with Crippen molar-refractivity contribution < 1.29 is 19.1 Å². The third-order valence-corrected chi connectivity index (χ3v) is 6.81. The molecule has 1 aliphatic carbocycles. The van der Waals surface area contributed by atoms with Gasteiger partial charge in [-0.1, -0.05) is 24.6 Å². The number of ether oxygens (including phenoxy) is 1. The number of rotatable bonds is 2. The Morgan fingerprint density at radius 2 is 1.60 bits per heavy atom. The highest BCUT2D eigenvalue weighted by Gasteiger charge is 2.53. The molecule has 2 aliphatic heterocycles. The second kappa shape index (κ2) is 8.38. The number of nitrogens with zero attached hydrogens (tertiary/aromatic N) is 3. The van der Waals surface area contributed by atoms with Gasteiger partial charge in [0.05, 0.1) is 6.61 Å². The number of hydrogen-bond acceptors (Lipinski definition) is 4. The molecule has 3 amide bonds. The summed E-state index contributed by atoms with van der Waals surface area (Å²) in [6.07, 6.45) is 4.66. The van der Waals surface area contributed by atoms with Crippen LogP contribution in [0.1, 0.15) is 54.9 Å². The van der Waals surface area contributed by atoms with E-state index in [0.717, 1.165) is 37.7 Å². The molecule has 4 rings (SSSR count). The molecule has 162 valence electrons. The molecule has 0 radical (unpaired) electrons. The largest absolute Gasteiger partial charge is 0.353 e. The standard InChI is InChI=1S/C23H31N3O4/c1-17-8-4-5-9-19(17)21(28)26-20(16-30-23(26)10-6-3-7-11-23)22(29)25-14-12-24(13-15-25)18(2)27/h4-5,8-9,20H,3,6-7,10-16H2,1-2H3/t20-/m0/s1. The molecule has 1 saturated carbocycles. The molecule has 1 aromatic carbocycles. The number of benzene rings is 1. The summed E-state index contributed by atoms with van der Waals surface area (Å²) in [6.45, 7) is 5.77. The van der Waals surface area contributed by atoms with Crippen molar-refractivity contribution in [2.45, 2.75) is 57.7 Å². The second-order valence-electron chi connectivity index (χ2n) is 8.66. The van der Waals surface area contributed by atoms with Crippen LogP contribution >= 0.6 is 0 Å². The monoisotopic (exact) mass is 413 g/mol. The molecule has 1 atom stereocenters. The summed E-state index contributed by atoms with van der Waals surface area (Å²) in [6, 6.07) is 6.93. The van der Waals surface area contributed by atoms with E-state index in [0.29, 0.717) is 31.7 Å². The first kappa shape index (κ1) is 20.8. The molecule has 1 spiro atoms. The van der Waals surface area contributed by atoms with Crippen LogP contribution in [0.4, 0.5) is 0 Å². The van der Waals surface area contributed by atoms with E-state index >= 15 is 0 Å². The van der Waals surface area contributed by atoms with Crippen LogP contribution in [0.2, 0.25) is 0 Å². The molecule has 7 heteroatoms. The number of carbonyl (C=O) groups is 3. The fraction of sp³-hybridized carbons (Fsp3) is 0.609. The zero-order chi connectivity index (χ0) is 21.3. The Morgan fingerprint density at radius 1 is 0.967 bits per heavy atom. The van der Waals surface area contributed by atoms with E-state index in [9.17, 15) is 14.4 Å². The van der Waals surface area contributed by atoms with Gasteiger partial charge in [-0.2, -0.15) is 0 Å². The summed E-state index contributed by atoms with van der Waals surface area (Å²) < 4.78 is 6.25. The first-order chi connectivity index (χ1) is 14.4. The zero-order valence-electron chi connectivity index (χ0n) is 17.9. The minimum absolute atomic E-state index is 0.0313. The van der Waals surface area contributed by atoms with Crippen LogP contribution in [0.3, 0.4) is 0 Å². The number of amides is 3. The van der Waals surface area contributed by atoms with Crippen LogP contribution < -0.4 is 0 Å². The molecule has 1 aromatic rings. The van der Waals surface area contributed by atoms with E-state index in [2.05, 4.69) is 0 Å². The van der Waals surface area contributed by atoms with Gasteiger partial charge in [0.25, 0.3) is 5.91 Å². The predicted molar refractivity (Wildman–Crippen MR) is 112 cm³/mol. The van der Waals surface area contributed by atoms with Crippen molar-refractivity contribution in [1.82, 2.24) is 14.7 Å². The molecule has 0 bridgehead atoms. The van der Waals surface area contributed by atoms with Gasteiger partial charge in [0.15, 0.2) is 0 Å². The SMILES string of the molecule is CC(=O)N1CCN(C(=O)[C@@H]2COC3(CCCCC3)N2C(=O)c2ccccc2C)CC1. The number of aryl methyl sites for hydroxylation is 1. The van der Waals surface area contributed by atoms with Crippen LogP contribution in [0.15, 0.2) is 24.3 Å². The maximum absolute atomic E-state index is 13.7. The minimum atomic E-state index is -0.681. The quantitative estimate of drug-likeness (QED) is 0.745. The number of piperazine rings is 1. The highest BCUT2D eigenvalue weighted by atomic mass is 16.5. The highest BCUT2D eigenvalue weighted by molar-refractivity contribution is 5.99. The number of carbonyl (C=O) groups excluding carboxylic acids is 3. The van der Waals surface area contributed by atoms with Crippen LogP contribution in [-0.2, 0) is 14.3 Å². The Morgan fingerprint density at radius 3 is 2.23 bits per heavy atom. The fourth-order valence-corrected chi connectivity index (χ4v) is 5.06. The third kappa shape index (κ3) is 3.71. The first-order valence-electron chi connectivity index (χ1n) is 11.0. The summed E-state index contributed by atoms with van der Waals surface area (Å²) in [5.41, 5.74) is 0.855. The Kier molecular flexibility index (Phi) is 5.82. The summed E-state index contributed by atoms with van der Waals surface area (Å²) >= 11 is 0. The minimum Gasteiger partial charge on any atom is -0.353 e. The predicted octanol–water partition coefficient (Wildman–Crippen LogP) is 2.19. The first-order valence-corrected chi connectivity index (χ1v) is 11.0. The van der Waals surface area contributed by atoms with Gasteiger partial charge in [0.2, 0.25) is 11.8 Å². The van der Waals surface area contributed by atoms with Crippen molar-refractivity contribution in [3.63, 3.8) is 0 Å². The summed E-state index contributed by atoms with van der Waals surface area (Å²) in [7, 11) is 0. The lowest BCUT2D eigenvalue weighted by Crippen LogP contribution is -2.59. The van der Waals surface area contributed by atoms with Gasteiger partial charge in [-0.05, 0) is 44.2 Å². The van der Waals surface area contributed by atoms with E-state index in [-0.39, 0.29) is 24.3 Å². The van der Waals surface area contributed by atoms with Gasteiger partial charge in [-0.3, -0.25) is 19.3 Å². The van der Waals surface area contributed by atoms with E-state index in [4.69, 9.17) is 4.74 Å². The smallest absolute Gasteiger partial charge is 0.257 e. The Bertz CT molecular complexity index is 825. The van der Waals surface area contributed by atoms with E-state index in [1.54, 1.807) is 21.6 Å². The number of hydrogen-bond donors (Lipinski definition) is 0. The maximum Gasteiger partial charge on any atom is 0.257 e. The molecule has 2 heterocycles. The molecule has 3 aliphatic rings. The van der Waals surface area contributed by atoms with Crippen LogP contribution in [0.25, 0.3) is 0 Å².